The highest BCUT2D eigenvalue weighted by Crippen LogP contribution is 2.21. The molecule has 0 aliphatic heterocycles. The van der Waals surface area contributed by atoms with Crippen molar-refractivity contribution in [2.24, 2.45) is 0 Å². The highest BCUT2D eigenvalue weighted by molar-refractivity contribution is 5.74. The summed E-state index contributed by atoms with van der Waals surface area (Å²) in [5.41, 5.74) is 0.510. The minimum atomic E-state index is -0.661. The molecular weight excluding hydrogens is 254 g/mol. The van der Waals surface area contributed by atoms with E-state index >= 15 is 0 Å². The van der Waals surface area contributed by atoms with E-state index in [-0.39, 0.29) is 12.1 Å². The van der Waals surface area contributed by atoms with Gasteiger partial charge in [0, 0.05) is 0 Å². The lowest BCUT2D eigenvalue weighted by molar-refractivity contribution is -0.158. The van der Waals surface area contributed by atoms with E-state index in [2.05, 4.69) is 0 Å². The number of carbonyl (C=O) groups excluding carboxylic acids is 1. The Morgan fingerprint density at radius 1 is 1.35 bits per heavy atom. The van der Waals surface area contributed by atoms with Crippen LogP contribution in [0.15, 0.2) is 24.3 Å². The van der Waals surface area contributed by atoms with Crippen molar-refractivity contribution in [1.29, 1.82) is 5.26 Å². The van der Waals surface area contributed by atoms with Gasteiger partial charge >= 0.3 is 5.97 Å². The quantitative estimate of drug-likeness (QED) is 0.790. The van der Waals surface area contributed by atoms with Crippen molar-refractivity contribution in [2.45, 2.75) is 51.2 Å². The van der Waals surface area contributed by atoms with Gasteiger partial charge in [-0.3, -0.25) is 0 Å². The van der Waals surface area contributed by atoms with Gasteiger partial charge in [-0.25, -0.2) is 4.79 Å². The molecule has 1 saturated carbocycles. The summed E-state index contributed by atoms with van der Waals surface area (Å²) in [6, 6.07) is 8.80. The highest BCUT2D eigenvalue weighted by Gasteiger charge is 2.22. The summed E-state index contributed by atoms with van der Waals surface area (Å²) in [7, 11) is 0. The maximum atomic E-state index is 12.0. The Morgan fingerprint density at radius 2 is 2.10 bits per heavy atom. The monoisotopic (exact) mass is 273 g/mol. The first kappa shape index (κ1) is 14.4. The van der Waals surface area contributed by atoms with Gasteiger partial charge < -0.3 is 9.47 Å². The van der Waals surface area contributed by atoms with Crippen LogP contribution < -0.4 is 4.74 Å². The Kier molecular flexibility index (Phi) is 5.00. The summed E-state index contributed by atoms with van der Waals surface area (Å²) in [5, 5.41) is 8.82. The Bertz CT molecular complexity index is 501. The second-order valence-electron chi connectivity index (χ2n) is 5.10. The first-order chi connectivity index (χ1) is 9.69. The molecule has 1 aromatic rings. The third-order valence-corrected chi connectivity index (χ3v) is 3.44. The van der Waals surface area contributed by atoms with Crippen molar-refractivity contribution in [3.05, 3.63) is 29.8 Å². The minimum Gasteiger partial charge on any atom is -0.479 e. The molecule has 1 fully saturated rings. The average molecular weight is 273 g/mol. The summed E-state index contributed by atoms with van der Waals surface area (Å²) >= 11 is 0. The molecule has 0 saturated heterocycles. The van der Waals surface area contributed by atoms with Crippen LogP contribution in [0.4, 0.5) is 0 Å². The maximum Gasteiger partial charge on any atom is 0.347 e. The minimum absolute atomic E-state index is 0.0349. The van der Waals surface area contributed by atoms with Crippen LogP contribution in [-0.4, -0.2) is 18.2 Å². The molecule has 1 aliphatic carbocycles. The predicted molar refractivity (Wildman–Crippen MR) is 74.2 cm³/mol. The topological polar surface area (TPSA) is 59.3 Å². The van der Waals surface area contributed by atoms with E-state index in [9.17, 15) is 4.79 Å². The van der Waals surface area contributed by atoms with Gasteiger partial charge in [0.1, 0.15) is 11.9 Å². The first-order valence-corrected chi connectivity index (χ1v) is 7.06. The Morgan fingerprint density at radius 3 is 2.80 bits per heavy atom. The molecule has 0 amide bonds. The molecule has 1 aliphatic rings. The summed E-state index contributed by atoms with van der Waals surface area (Å²) in [6.45, 7) is 1.67. The number of esters is 1. The van der Waals surface area contributed by atoms with Crippen LogP contribution in [0.1, 0.15) is 44.6 Å². The van der Waals surface area contributed by atoms with Crippen LogP contribution in [-0.2, 0) is 9.53 Å². The number of nitriles is 1. The molecule has 106 valence electrons. The molecule has 1 atom stereocenters. The zero-order valence-electron chi connectivity index (χ0n) is 11.7. The van der Waals surface area contributed by atoms with Crippen molar-refractivity contribution in [3.63, 3.8) is 0 Å². The van der Waals surface area contributed by atoms with Crippen molar-refractivity contribution in [3.8, 4) is 11.8 Å². The highest BCUT2D eigenvalue weighted by atomic mass is 16.6. The van der Waals surface area contributed by atoms with Gasteiger partial charge in [-0.05, 0) is 50.8 Å². The zero-order chi connectivity index (χ0) is 14.4. The van der Waals surface area contributed by atoms with Crippen molar-refractivity contribution >= 4 is 5.97 Å². The molecule has 0 bridgehead atoms. The normalized spacial score (nSPS) is 17.0. The number of hydrogen-bond donors (Lipinski definition) is 0. The molecule has 0 N–H and O–H groups in total. The third kappa shape index (κ3) is 3.99. The van der Waals surface area contributed by atoms with Gasteiger partial charge in [-0.15, -0.1) is 0 Å². The van der Waals surface area contributed by atoms with Gasteiger partial charge in [0.05, 0.1) is 11.6 Å². The number of rotatable bonds is 4. The lowest BCUT2D eigenvalue weighted by atomic mass is 9.98. The lowest BCUT2D eigenvalue weighted by Gasteiger charge is -2.23. The second kappa shape index (κ2) is 6.95. The SMILES string of the molecule is C[C@H](Oc1cccc(C#N)c1)C(=O)OC1CCCCC1. The number of ether oxygens (including phenoxy) is 2. The number of benzene rings is 1. The van der Waals surface area contributed by atoms with Crippen LogP contribution in [0.25, 0.3) is 0 Å². The average Bonchev–Trinajstić information content (AvgIpc) is 2.48. The predicted octanol–water partition coefficient (Wildman–Crippen LogP) is 3.20. The molecule has 4 nitrogen and oxygen atoms in total. The fourth-order valence-electron chi connectivity index (χ4n) is 2.33. The maximum absolute atomic E-state index is 12.0. The van der Waals surface area contributed by atoms with E-state index in [1.165, 1.54) is 6.42 Å². The van der Waals surface area contributed by atoms with Crippen LogP contribution in [0.2, 0.25) is 0 Å². The molecule has 0 unspecified atom stereocenters. The molecular formula is C16H19NO3. The largest absolute Gasteiger partial charge is 0.479 e. The summed E-state index contributed by atoms with van der Waals surface area (Å²) in [6.07, 6.45) is 4.74. The van der Waals surface area contributed by atoms with Crippen LogP contribution in [0.5, 0.6) is 5.75 Å². The first-order valence-electron chi connectivity index (χ1n) is 7.06. The molecule has 1 aromatic carbocycles. The summed E-state index contributed by atoms with van der Waals surface area (Å²) < 4.78 is 11.0. The molecule has 0 aromatic heterocycles. The lowest BCUT2D eigenvalue weighted by Crippen LogP contribution is -2.31. The summed E-state index contributed by atoms with van der Waals surface area (Å²) in [5.74, 6) is 0.177. The van der Waals surface area contributed by atoms with Crippen LogP contribution >= 0.6 is 0 Å². The smallest absolute Gasteiger partial charge is 0.347 e. The Hall–Kier alpha value is -2.02. The molecule has 0 radical (unpaired) electrons. The van der Waals surface area contributed by atoms with Crippen molar-refractivity contribution in [2.75, 3.05) is 0 Å². The number of nitrogens with zero attached hydrogens (tertiary/aromatic N) is 1. The van der Waals surface area contributed by atoms with Crippen LogP contribution in [0.3, 0.4) is 0 Å². The zero-order valence-corrected chi connectivity index (χ0v) is 11.7. The van der Waals surface area contributed by atoms with E-state index < -0.39 is 6.10 Å². The van der Waals surface area contributed by atoms with E-state index in [0.717, 1.165) is 25.7 Å². The fourth-order valence-corrected chi connectivity index (χ4v) is 2.33. The third-order valence-electron chi connectivity index (χ3n) is 3.44. The fraction of sp³-hybridized carbons (Fsp3) is 0.500. The van der Waals surface area contributed by atoms with E-state index in [0.29, 0.717) is 11.3 Å². The number of carbonyl (C=O) groups is 1. The molecule has 2 rings (SSSR count). The number of hydrogen-bond acceptors (Lipinski definition) is 4. The van der Waals surface area contributed by atoms with Gasteiger partial charge in [0.25, 0.3) is 0 Å². The van der Waals surface area contributed by atoms with E-state index in [1.54, 1.807) is 31.2 Å². The Balaban J connectivity index is 1.88. The second-order valence-corrected chi connectivity index (χ2v) is 5.10. The molecule has 20 heavy (non-hydrogen) atoms. The van der Waals surface area contributed by atoms with Crippen molar-refractivity contribution in [1.82, 2.24) is 0 Å². The van der Waals surface area contributed by atoms with Gasteiger partial charge in [0.15, 0.2) is 6.10 Å². The Labute approximate surface area is 119 Å². The van der Waals surface area contributed by atoms with Crippen LogP contribution in [0, 0.1) is 11.3 Å². The molecule has 0 spiro atoms. The molecule has 0 heterocycles. The van der Waals surface area contributed by atoms with Gasteiger partial charge in [-0.1, -0.05) is 12.5 Å². The van der Waals surface area contributed by atoms with E-state index in [4.69, 9.17) is 14.7 Å². The summed E-state index contributed by atoms with van der Waals surface area (Å²) in [4.78, 5) is 12.0. The van der Waals surface area contributed by atoms with Gasteiger partial charge in [0.2, 0.25) is 0 Å². The molecule has 4 heteroatoms. The van der Waals surface area contributed by atoms with E-state index in [1.807, 2.05) is 6.07 Å². The standard InChI is InChI=1S/C16H19NO3/c1-12(16(18)20-14-7-3-2-4-8-14)19-15-9-5-6-13(10-15)11-17/h5-6,9-10,12,14H,2-4,7-8H2,1H3/t12-/m0/s1. The van der Waals surface area contributed by atoms with Gasteiger partial charge in [-0.2, -0.15) is 5.26 Å². The van der Waals surface area contributed by atoms with Crippen molar-refractivity contribution < 1.29 is 14.3 Å².